The molecule has 0 spiro atoms. The van der Waals surface area contributed by atoms with E-state index in [0.717, 1.165) is 17.0 Å². The van der Waals surface area contributed by atoms with E-state index in [0.29, 0.717) is 0 Å². The smallest absolute Gasteiger partial charge is 0.359 e. The second-order valence-electron chi connectivity index (χ2n) is 6.46. The molecule has 1 aromatic rings. The predicted octanol–water partition coefficient (Wildman–Crippen LogP) is 3.35. The monoisotopic (exact) mass is 385 g/mol. The van der Waals surface area contributed by atoms with E-state index in [2.05, 4.69) is 10.3 Å². The third kappa shape index (κ3) is 5.23. The van der Waals surface area contributed by atoms with Gasteiger partial charge in [0.15, 0.2) is 6.10 Å². The fourth-order valence-electron chi connectivity index (χ4n) is 2.52. The molecule has 0 radical (unpaired) electrons. The summed E-state index contributed by atoms with van der Waals surface area (Å²) in [5.41, 5.74) is -2.40. The van der Waals surface area contributed by atoms with Gasteiger partial charge in [0.2, 0.25) is 0 Å². The average Bonchev–Trinajstić information content (AvgIpc) is 2.49. The van der Waals surface area contributed by atoms with Crippen LogP contribution in [0.1, 0.15) is 25.2 Å². The van der Waals surface area contributed by atoms with Gasteiger partial charge in [-0.2, -0.15) is 26.3 Å². The van der Waals surface area contributed by atoms with Crippen LogP contribution in [0.2, 0.25) is 0 Å². The van der Waals surface area contributed by atoms with Crippen LogP contribution in [-0.4, -0.2) is 46.9 Å². The highest BCUT2D eigenvalue weighted by molar-refractivity contribution is 5.74. The molecule has 1 N–H and O–H groups in total. The van der Waals surface area contributed by atoms with Gasteiger partial charge in [-0.1, -0.05) is 6.07 Å². The summed E-state index contributed by atoms with van der Waals surface area (Å²) in [4.78, 5) is 16.5. The molecule has 1 atom stereocenters. The van der Waals surface area contributed by atoms with Crippen LogP contribution in [0.3, 0.4) is 0 Å². The Labute approximate surface area is 145 Å². The van der Waals surface area contributed by atoms with Gasteiger partial charge in [-0.25, -0.2) is 9.78 Å². The number of alkyl halides is 6. The van der Waals surface area contributed by atoms with Gasteiger partial charge >= 0.3 is 18.4 Å². The lowest BCUT2D eigenvalue weighted by Crippen LogP contribution is -2.60. The van der Waals surface area contributed by atoms with Gasteiger partial charge in [0, 0.05) is 0 Å². The number of nitrogens with one attached hydrogen (secondary N) is 1. The predicted molar refractivity (Wildman–Crippen MR) is 78.1 cm³/mol. The summed E-state index contributed by atoms with van der Waals surface area (Å²) in [6.07, 6.45) is -11.4. The number of carbonyl (C=O) groups is 1. The van der Waals surface area contributed by atoms with Crippen LogP contribution in [-0.2, 0) is 17.5 Å². The van der Waals surface area contributed by atoms with Gasteiger partial charge in [0.25, 0.3) is 0 Å². The van der Waals surface area contributed by atoms with Crippen LogP contribution in [0, 0.1) is 0 Å². The summed E-state index contributed by atoms with van der Waals surface area (Å²) in [5, 5.41) is 2.29. The maximum atomic E-state index is 12.9. The molecule has 0 bridgehead atoms. The lowest BCUT2D eigenvalue weighted by Gasteiger charge is -2.43. The molecule has 0 saturated carbocycles. The standard InChI is InChI=1S/C15H17F6N3O2/c1-13(2)8-24(7-11(26-13)15(19,20)21)12(25)22-6-9-4-3-5-10(23-9)14(16,17)18/h3-5,11H,6-8H2,1-2H3,(H,22,25). The maximum absolute atomic E-state index is 12.9. The molecular weight excluding hydrogens is 368 g/mol. The lowest BCUT2D eigenvalue weighted by atomic mass is 10.1. The number of nitrogens with zero attached hydrogens (tertiary/aromatic N) is 2. The number of aromatic nitrogens is 1. The second-order valence-corrected chi connectivity index (χ2v) is 6.46. The molecule has 2 amide bonds. The molecule has 1 unspecified atom stereocenters. The topological polar surface area (TPSA) is 54.5 Å². The average molecular weight is 385 g/mol. The second kappa shape index (κ2) is 6.93. The van der Waals surface area contributed by atoms with Crippen LogP contribution in [0.5, 0.6) is 0 Å². The van der Waals surface area contributed by atoms with Crippen molar-refractivity contribution in [2.24, 2.45) is 0 Å². The number of amides is 2. The van der Waals surface area contributed by atoms with Crippen molar-refractivity contribution in [3.8, 4) is 0 Å². The minimum Gasteiger partial charge on any atom is -0.359 e. The number of ether oxygens (including phenoxy) is 1. The maximum Gasteiger partial charge on any atom is 0.433 e. The van der Waals surface area contributed by atoms with Crippen LogP contribution in [0.4, 0.5) is 31.1 Å². The Kier molecular flexibility index (Phi) is 5.41. The van der Waals surface area contributed by atoms with E-state index < -0.39 is 42.3 Å². The Hall–Kier alpha value is -2.04. The number of morpholine rings is 1. The molecule has 2 heterocycles. The Morgan fingerprint density at radius 2 is 1.96 bits per heavy atom. The molecule has 2 rings (SSSR count). The number of hydrogen-bond acceptors (Lipinski definition) is 3. The number of halogens is 6. The molecule has 0 aromatic carbocycles. The number of carbonyl (C=O) groups excluding carboxylic acids is 1. The van der Waals surface area contributed by atoms with Crippen LogP contribution in [0.25, 0.3) is 0 Å². The fraction of sp³-hybridized carbons (Fsp3) is 0.600. The SMILES string of the molecule is CC1(C)CN(C(=O)NCc2cccc(C(F)(F)F)n2)CC(C(F)(F)F)O1. The molecule has 1 aliphatic rings. The van der Waals surface area contributed by atoms with Crippen LogP contribution >= 0.6 is 0 Å². The number of hydrogen-bond donors (Lipinski definition) is 1. The summed E-state index contributed by atoms with van der Waals surface area (Å²) < 4.78 is 81.6. The van der Waals surface area contributed by atoms with Gasteiger partial charge in [-0.15, -0.1) is 0 Å². The highest BCUT2D eigenvalue weighted by Crippen LogP contribution is 2.31. The summed E-state index contributed by atoms with van der Waals surface area (Å²) >= 11 is 0. The minimum atomic E-state index is -4.64. The van der Waals surface area contributed by atoms with Crippen molar-refractivity contribution >= 4 is 6.03 Å². The Bertz CT molecular complexity index is 660. The summed E-state index contributed by atoms with van der Waals surface area (Å²) in [5.74, 6) is 0. The van der Waals surface area contributed by atoms with Crippen molar-refractivity contribution in [3.63, 3.8) is 0 Å². The van der Waals surface area contributed by atoms with Gasteiger partial charge in [0.1, 0.15) is 5.69 Å². The van der Waals surface area contributed by atoms with E-state index in [9.17, 15) is 31.1 Å². The third-order valence-electron chi connectivity index (χ3n) is 3.59. The Balaban J connectivity index is 2.03. The number of rotatable bonds is 2. The first-order valence-electron chi connectivity index (χ1n) is 7.58. The van der Waals surface area contributed by atoms with E-state index in [1.54, 1.807) is 0 Å². The molecule has 5 nitrogen and oxygen atoms in total. The molecule has 0 aliphatic carbocycles. The molecule has 1 aromatic heterocycles. The van der Waals surface area contributed by atoms with E-state index in [-0.39, 0.29) is 18.8 Å². The van der Waals surface area contributed by atoms with Crippen molar-refractivity contribution < 1.29 is 35.9 Å². The first-order chi connectivity index (χ1) is 11.8. The molecule has 146 valence electrons. The molecule has 1 aliphatic heterocycles. The first kappa shape index (κ1) is 20.3. The van der Waals surface area contributed by atoms with Crippen LogP contribution < -0.4 is 5.32 Å². The largest absolute Gasteiger partial charge is 0.433 e. The van der Waals surface area contributed by atoms with Gasteiger partial charge in [-0.3, -0.25) is 0 Å². The Morgan fingerprint density at radius 3 is 2.54 bits per heavy atom. The molecule has 1 saturated heterocycles. The third-order valence-corrected chi connectivity index (χ3v) is 3.59. The molecular formula is C15H17F6N3O2. The van der Waals surface area contributed by atoms with Gasteiger partial charge in [0.05, 0.1) is 30.9 Å². The van der Waals surface area contributed by atoms with Crippen molar-refractivity contribution in [2.45, 2.75) is 44.4 Å². The van der Waals surface area contributed by atoms with Gasteiger partial charge in [-0.05, 0) is 26.0 Å². The zero-order valence-corrected chi connectivity index (χ0v) is 13.9. The molecule has 1 fully saturated rings. The normalized spacial score (nSPS) is 20.8. The lowest BCUT2D eigenvalue weighted by molar-refractivity contribution is -0.267. The van der Waals surface area contributed by atoms with Crippen molar-refractivity contribution in [1.29, 1.82) is 0 Å². The first-order valence-corrected chi connectivity index (χ1v) is 7.58. The zero-order valence-electron chi connectivity index (χ0n) is 13.9. The van der Waals surface area contributed by atoms with E-state index in [1.807, 2.05) is 0 Å². The summed E-state index contributed by atoms with van der Waals surface area (Å²) in [6, 6.07) is 2.35. The quantitative estimate of drug-likeness (QED) is 0.795. The molecule has 11 heteroatoms. The van der Waals surface area contributed by atoms with E-state index in [1.165, 1.54) is 19.9 Å². The van der Waals surface area contributed by atoms with Crippen molar-refractivity contribution in [3.05, 3.63) is 29.6 Å². The molecule has 26 heavy (non-hydrogen) atoms. The summed E-state index contributed by atoms with van der Waals surface area (Å²) in [7, 11) is 0. The van der Waals surface area contributed by atoms with Crippen LogP contribution in [0.15, 0.2) is 18.2 Å². The Morgan fingerprint density at radius 1 is 1.31 bits per heavy atom. The van der Waals surface area contributed by atoms with E-state index >= 15 is 0 Å². The van der Waals surface area contributed by atoms with E-state index in [4.69, 9.17) is 4.74 Å². The number of pyridine rings is 1. The van der Waals surface area contributed by atoms with Crippen molar-refractivity contribution in [2.75, 3.05) is 13.1 Å². The van der Waals surface area contributed by atoms with Crippen molar-refractivity contribution in [1.82, 2.24) is 15.2 Å². The zero-order chi connectivity index (χ0) is 19.8. The highest BCUT2D eigenvalue weighted by Gasteiger charge is 2.49. The summed E-state index contributed by atoms with van der Waals surface area (Å²) in [6.45, 7) is 1.69. The number of urea groups is 1. The fourth-order valence-corrected chi connectivity index (χ4v) is 2.52. The minimum absolute atomic E-state index is 0.0620. The van der Waals surface area contributed by atoms with Gasteiger partial charge < -0.3 is 15.0 Å². The highest BCUT2D eigenvalue weighted by atomic mass is 19.4.